The van der Waals surface area contributed by atoms with Gasteiger partial charge in [0.25, 0.3) is 0 Å². The number of rotatable bonds is 7. The molecule has 0 bridgehead atoms. The quantitative estimate of drug-likeness (QED) is 0.386. The molecule has 4 nitrogen and oxygen atoms in total. The maximum atomic E-state index is 10.6. The van der Waals surface area contributed by atoms with E-state index in [1.807, 2.05) is 26.0 Å². The summed E-state index contributed by atoms with van der Waals surface area (Å²) in [7, 11) is 0. The number of nitrogens with one attached hydrogen (secondary N) is 1. The maximum Gasteiger partial charge on any atom is 0.234 e. The zero-order chi connectivity index (χ0) is 18.9. The first-order valence-corrected chi connectivity index (χ1v) is 8.88. The smallest absolute Gasteiger partial charge is 0.234 e. The van der Waals surface area contributed by atoms with Gasteiger partial charge in [-0.1, -0.05) is 42.5 Å². The Bertz CT molecular complexity index is 831. The minimum absolute atomic E-state index is 0.446. The van der Waals surface area contributed by atoms with E-state index in [9.17, 15) is 10.1 Å². The number of hydrogen-bond acceptors (Lipinski definition) is 2. The van der Waals surface area contributed by atoms with Crippen LogP contribution in [0.3, 0.4) is 0 Å². The van der Waals surface area contributed by atoms with Gasteiger partial charge in [-0.15, -0.1) is 0 Å². The molecule has 1 aliphatic rings. The third kappa shape index (κ3) is 5.31. The molecule has 0 atom stereocenters. The lowest BCUT2D eigenvalue weighted by molar-refractivity contribution is -0.402. The molecular weight excluding hydrogens is 324 g/mol. The Morgan fingerprint density at radius 1 is 1.27 bits per heavy atom. The molecular formula is C22H26N2O2. The predicted octanol–water partition coefficient (Wildman–Crippen LogP) is 5.76. The van der Waals surface area contributed by atoms with Crippen molar-refractivity contribution in [1.29, 1.82) is 0 Å². The van der Waals surface area contributed by atoms with Crippen molar-refractivity contribution in [2.45, 2.75) is 40.0 Å². The summed E-state index contributed by atoms with van der Waals surface area (Å²) in [5.74, 6) is 0. The Kier molecular flexibility index (Phi) is 7.15. The van der Waals surface area contributed by atoms with Crippen LogP contribution in [0.15, 0.2) is 66.5 Å². The SMILES string of the molecule is C\C=C/C(=C\C=C\[N+](=O)[O-])c1c(C)[nH]c(C)c1CCC1=CC=CCC=C1. The molecule has 0 saturated heterocycles. The van der Waals surface area contributed by atoms with Crippen molar-refractivity contribution >= 4 is 5.57 Å². The molecule has 0 aromatic carbocycles. The van der Waals surface area contributed by atoms with Crippen molar-refractivity contribution in [1.82, 2.24) is 4.98 Å². The normalized spacial score (nSPS) is 15.0. The molecule has 136 valence electrons. The Balaban J connectivity index is 2.34. The van der Waals surface area contributed by atoms with Crippen LogP contribution in [0, 0.1) is 24.0 Å². The van der Waals surface area contributed by atoms with Crippen molar-refractivity contribution in [3.63, 3.8) is 0 Å². The highest BCUT2D eigenvalue weighted by Gasteiger charge is 2.15. The summed E-state index contributed by atoms with van der Waals surface area (Å²) in [5, 5.41) is 10.6. The van der Waals surface area contributed by atoms with Gasteiger partial charge in [-0.05, 0) is 62.8 Å². The third-order valence-corrected chi connectivity index (χ3v) is 4.34. The molecule has 4 heteroatoms. The predicted molar refractivity (Wildman–Crippen MR) is 108 cm³/mol. The molecule has 1 aromatic heterocycles. The Morgan fingerprint density at radius 3 is 2.81 bits per heavy atom. The van der Waals surface area contributed by atoms with E-state index in [-0.39, 0.29) is 0 Å². The summed E-state index contributed by atoms with van der Waals surface area (Å²) in [6.45, 7) is 6.09. The molecule has 0 unspecified atom stereocenters. The van der Waals surface area contributed by atoms with Gasteiger partial charge in [0.05, 0.1) is 4.92 Å². The minimum Gasteiger partial charge on any atom is -0.362 e. The fourth-order valence-corrected chi connectivity index (χ4v) is 3.21. The van der Waals surface area contributed by atoms with E-state index < -0.39 is 4.92 Å². The van der Waals surface area contributed by atoms with Gasteiger partial charge in [-0.3, -0.25) is 10.1 Å². The highest BCUT2D eigenvalue weighted by atomic mass is 16.6. The minimum atomic E-state index is -0.446. The summed E-state index contributed by atoms with van der Waals surface area (Å²) in [5.41, 5.74) is 6.94. The van der Waals surface area contributed by atoms with Crippen molar-refractivity contribution in [2.75, 3.05) is 0 Å². The van der Waals surface area contributed by atoms with Gasteiger partial charge in [-0.25, -0.2) is 0 Å². The standard InChI is InChI=1S/C22H26N2O2/c1-4-10-20(13-9-16-24(25)26)22-18(3)23-17(2)21(22)15-14-19-11-7-5-6-8-12-19/h4-5,7-13,16,23H,6,14-15H2,1-3H3/b10-4-,16-9+,20-13+. The van der Waals surface area contributed by atoms with Crippen LogP contribution in [-0.2, 0) is 6.42 Å². The first-order chi connectivity index (χ1) is 12.5. The lowest BCUT2D eigenvalue weighted by Crippen LogP contribution is -1.94. The van der Waals surface area contributed by atoms with Gasteiger partial charge in [0.1, 0.15) is 0 Å². The molecule has 0 amide bonds. The van der Waals surface area contributed by atoms with Gasteiger partial charge < -0.3 is 4.98 Å². The number of H-pyrrole nitrogens is 1. The third-order valence-electron chi connectivity index (χ3n) is 4.34. The highest BCUT2D eigenvalue weighted by molar-refractivity contribution is 5.79. The lowest BCUT2D eigenvalue weighted by Gasteiger charge is -2.08. The van der Waals surface area contributed by atoms with Crippen molar-refractivity contribution < 1.29 is 4.92 Å². The largest absolute Gasteiger partial charge is 0.362 e. The van der Waals surface area contributed by atoms with Crippen LogP contribution in [0.1, 0.15) is 42.3 Å². The van der Waals surface area contributed by atoms with E-state index in [1.54, 1.807) is 6.08 Å². The monoisotopic (exact) mass is 350 g/mol. The summed E-state index contributed by atoms with van der Waals surface area (Å²) >= 11 is 0. The van der Waals surface area contributed by atoms with Crippen LogP contribution >= 0.6 is 0 Å². The summed E-state index contributed by atoms with van der Waals surface area (Å²) in [6, 6.07) is 0. The number of allylic oxidation sites excluding steroid dienone is 11. The van der Waals surface area contributed by atoms with Gasteiger partial charge in [0.2, 0.25) is 6.20 Å². The topological polar surface area (TPSA) is 58.9 Å². The number of hydrogen-bond donors (Lipinski definition) is 1. The molecule has 0 fully saturated rings. The molecule has 2 rings (SSSR count). The summed E-state index contributed by atoms with van der Waals surface area (Å²) < 4.78 is 0. The van der Waals surface area contributed by atoms with E-state index >= 15 is 0 Å². The Morgan fingerprint density at radius 2 is 2.08 bits per heavy atom. The van der Waals surface area contributed by atoms with Crippen molar-refractivity contribution in [3.8, 4) is 0 Å². The maximum absolute atomic E-state index is 10.6. The molecule has 1 heterocycles. The fraction of sp³-hybridized carbons (Fsp3) is 0.273. The molecule has 1 aliphatic carbocycles. The van der Waals surface area contributed by atoms with Gasteiger partial charge in [-0.2, -0.15) is 0 Å². The van der Waals surface area contributed by atoms with Crippen LogP contribution in [0.25, 0.3) is 5.57 Å². The molecule has 0 spiro atoms. The molecule has 1 N–H and O–H groups in total. The molecule has 26 heavy (non-hydrogen) atoms. The van der Waals surface area contributed by atoms with E-state index in [1.165, 1.54) is 17.2 Å². The van der Waals surface area contributed by atoms with E-state index in [2.05, 4.69) is 42.3 Å². The summed E-state index contributed by atoms with van der Waals surface area (Å²) in [4.78, 5) is 13.5. The average Bonchev–Trinajstić information content (AvgIpc) is 2.77. The fourth-order valence-electron chi connectivity index (χ4n) is 3.21. The lowest BCUT2D eigenvalue weighted by atomic mass is 9.94. The second-order valence-corrected chi connectivity index (χ2v) is 6.29. The number of aromatic nitrogens is 1. The number of aryl methyl sites for hydroxylation is 2. The van der Waals surface area contributed by atoms with Crippen LogP contribution in [0.2, 0.25) is 0 Å². The van der Waals surface area contributed by atoms with Crippen molar-refractivity contribution in [3.05, 3.63) is 99.1 Å². The first-order valence-electron chi connectivity index (χ1n) is 8.88. The highest BCUT2D eigenvalue weighted by Crippen LogP contribution is 2.29. The second kappa shape index (κ2) is 9.56. The van der Waals surface area contributed by atoms with E-state index in [4.69, 9.17) is 0 Å². The molecule has 0 saturated carbocycles. The van der Waals surface area contributed by atoms with Gasteiger partial charge in [0.15, 0.2) is 0 Å². The van der Waals surface area contributed by atoms with Crippen molar-refractivity contribution in [2.24, 2.45) is 0 Å². The Labute approximate surface area is 155 Å². The number of aromatic amines is 1. The summed E-state index contributed by atoms with van der Waals surface area (Å²) in [6.07, 6.45) is 21.9. The molecule has 0 aliphatic heterocycles. The van der Waals surface area contributed by atoms with E-state index in [0.717, 1.165) is 48.0 Å². The first kappa shape index (κ1) is 19.4. The zero-order valence-corrected chi connectivity index (χ0v) is 15.7. The Hall–Kier alpha value is -2.88. The zero-order valence-electron chi connectivity index (χ0n) is 15.7. The van der Waals surface area contributed by atoms with Gasteiger partial charge in [0, 0.05) is 23.0 Å². The number of nitro groups is 1. The van der Waals surface area contributed by atoms with Crippen LogP contribution in [0.4, 0.5) is 0 Å². The number of nitrogens with zero attached hydrogens (tertiary/aromatic N) is 1. The molecule has 0 radical (unpaired) electrons. The van der Waals surface area contributed by atoms with Crippen LogP contribution in [0.5, 0.6) is 0 Å². The molecule has 1 aromatic rings. The van der Waals surface area contributed by atoms with Crippen LogP contribution in [-0.4, -0.2) is 9.91 Å². The van der Waals surface area contributed by atoms with Gasteiger partial charge >= 0.3 is 0 Å². The van der Waals surface area contributed by atoms with E-state index in [0.29, 0.717) is 0 Å². The van der Waals surface area contributed by atoms with Crippen LogP contribution < -0.4 is 0 Å². The average molecular weight is 350 g/mol. The second-order valence-electron chi connectivity index (χ2n) is 6.29.